The van der Waals surface area contributed by atoms with E-state index in [2.05, 4.69) is 34.1 Å². The normalized spacial score (nSPS) is 17.3. The van der Waals surface area contributed by atoms with Crippen molar-refractivity contribution in [3.05, 3.63) is 95.8 Å². The van der Waals surface area contributed by atoms with E-state index in [-0.39, 0.29) is 24.6 Å². The number of anilines is 1. The van der Waals surface area contributed by atoms with Crippen LogP contribution in [-0.2, 0) is 0 Å². The van der Waals surface area contributed by atoms with Gasteiger partial charge in [0, 0.05) is 32.0 Å². The minimum absolute atomic E-state index is 0.0100. The van der Waals surface area contributed by atoms with Gasteiger partial charge < -0.3 is 15.7 Å². The molecule has 4 rings (SSSR count). The molecule has 1 amide bonds. The molecule has 1 atom stereocenters. The minimum Gasteiger partial charge on any atom is -0.397 e. The Bertz CT molecular complexity index is 941. The molecule has 3 N–H and O–H groups in total. The van der Waals surface area contributed by atoms with Crippen LogP contribution in [0, 0.1) is 0 Å². The number of aliphatic hydroxyl groups is 1. The van der Waals surface area contributed by atoms with Crippen LogP contribution in [0.1, 0.15) is 27.5 Å². The van der Waals surface area contributed by atoms with Gasteiger partial charge in [0.1, 0.15) is 0 Å². The zero-order valence-corrected chi connectivity index (χ0v) is 16.8. The maximum Gasteiger partial charge on any atom is 0.255 e. The topological polar surface area (TPSA) is 82.7 Å². The summed E-state index contributed by atoms with van der Waals surface area (Å²) in [5.41, 5.74) is 9.06. The summed E-state index contributed by atoms with van der Waals surface area (Å²) in [6.45, 7) is 1.64. The first-order valence-corrected chi connectivity index (χ1v) is 10.1. The number of nitrogens with zero attached hydrogens (tertiary/aromatic N) is 3. The van der Waals surface area contributed by atoms with Gasteiger partial charge in [-0.2, -0.15) is 0 Å². The number of rotatable bonds is 5. The van der Waals surface area contributed by atoms with Crippen molar-refractivity contribution in [2.75, 3.05) is 32.0 Å². The fourth-order valence-electron chi connectivity index (χ4n) is 4.16. The van der Waals surface area contributed by atoms with Crippen molar-refractivity contribution in [3.63, 3.8) is 0 Å². The Hall–Kier alpha value is -3.22. The molecule has 0 saturated carbocycles. The number of hydrogen-bond acceptors (Lipinski definition) is 5. The van der Waals surface area contributed by atoms with Crippen LogP contribution in [-0.4, -0.2) is 58.1 Å². The maximum absolute atomic E-state index is 13.0. The summed E-state index contributed by atoms with van der Waals surface area (Å²) >= 11 is 0. The van der Waals surface area contributed by atoms with Crippen LogP contribution >= 0.6 is 0 Å². The van der Waals surface area contributed by atoms with Gasteiger partial charge in [0.25, 0.3) is 5.91 Å². The summed E-state index contributed by atoms with van der Waals surface area (Å²) < 4.78 is 0. The molecule has 6 heteroatoms. The van der Waals surface area contributed by atoms with Gasteiger partial charge in [-0.25, -0.2) is 0 Å². The number of nitrogen functional groups attached to an aromatic ring is 1. The molecule has 30 heavy (non-hydrogen) atoms. The standard InChI is InChI=1S/C24H26N4O2/c25-21-13-20(14-26-15-21)24(30)27-11-12-28(22(16-27)17-29)23(18-7-3-1-4-8-18)19-9-5-2-6-10-19/h1-10,13-15,22-23,29H,11-12,16-17,25H2. The lowest BCUT2D eigenvalue weighted by Crippen LogP contribution is -2.57. The number of nitrogens with two attached hydrogens (primary N) is 1. The Morgan fingerprint density at radius 2 is 1.67 bits per heavy atom. The fourth-order valence-corrected chi connectivity index (χ4v) is 4.16. The van der Waals surface area contributed by atoms with Gasteiger partial charge in [0.15, 0.2) is 0 Å². The van der Waals surface area contributed by atoms with Crippen molar-refractivity contribution in [1.82, 2.24) is 14.8 Å². The number of aromatic nitrogens is 1. The molecule has 6 nitrogen and oxygen atoms in total. The predicted molar refractivity (Wildman–Crippen MR) is 117 cm³/mol. The zero-order valence-electron chi connectivity index (χ0n) is 16.8. The van der Waals surface area contributed by atoms with Gasteiger partial charge in [-0.3, -0.25) is 14.7 Å². The van der Waals surface area contributed by atoms with Crippen LogP contribution in [0.25, 0.3) is 0 Å². The van der Waals surface area contributed by atoms with E-state index in [4.69, 9.17) is 5.73 Å². The Balaban J connectivity index is 1.60. The number of pyridine rings is 1. The van der Waals surface area contributed by atoms with Crippen LogP contribution < -0.4 is 5.73 Å². The summed E-state index contributed by atoms with van der Waals surface area (Å²) in [7, 11) is 0. The molecule has 1 unspecified atom stereocenters. The molecular formula is C24H26N4O2. The summed E-state index contributed by atoms with van der Waals surface area (Å²) in [5.74, 6) is -0.108. The van der Waals surface area contributed by atoms with Crippen LogP contribution in [0.3, 0.4) is 0 Å². The molecule has 0 bridgehead atoms. The number of aliphatic hydroxyl groups excluding tert-OH is 1. The van der Waals surface area contributed by atoms with E-state index in [9.17, 15) is 9.90 Å². The highest BCUT2D eigenvalue weighted by molar-refractivity contribution is 5.94. The van der Waals surface area contributed by atoms with Crippen LogP contribution in [0.4, 0.5) is 5.69 Å². The average Bonchev–Trinajstić information content (AvgIpc) is 2.80. The van der Waals surface area contributed by atoms with E-state index in [0.717, 1.165) is 0 Å². The van der Waals surface area contributed by atoms with E-state index in [1.54, 1.807) is 11.0 Å². The lowest BCUT2D eigenvalue weighted by atomic mass is 9.94. The Morgan fingerprint density at radius 3 is 2.23 bits per heavy atom. The Kier molecular flexibility index (Phi) is 6.07. The van der Waals surface area contributed by atoms with Crippen molar-refractivity contribution in [3.8, 4) is 0 Å². The number of carbonyl (C=O) groups is 1. The van der Waals surface area contributed by atoms with E-state index >= 15 is 0 Å². The first kappa shape index (κ1) is 20.1. The van der Waals surface area contributed by atoms with Gasteiger partial charge in [-0.1, -0.05) is 60.7 Å². The predicted octanol–water partition coefficient (Wildman–Crippen LogP) is 2.57. The molecular weight excluding hydrogens is 376 g/mol. The second-order valence-electron chi connectivity index (χ2n) is 7.56. The monoisotopic (exact) mass is 402 g/mol. The first-order valence-electron chi connectivity index (χ1n) is 10.1. The summed E-state index contributed by atoms with van der Waals surface area (Å²) in [5, 5.41) is 10.2. The number of piperazine rings is 1. The van der Waals surface area contributed by atoms with E-state index < -0.39 is 0 Å². The zero-order chi connectivity index (χ0) is 20.9. The Labute approximate surface area is 176 Å². The number of carbonyl (C=O) groups excluding carboxylic acids is 1. The van der Waals surface area contributed by atoms with Gasteiger partial charge >= 0.3 is 0 Å². The van der Waals surface area contributed by atoms with E-state index in [1.165, 1.54) is 23.5 Å². The first-order chi connectivity index (χ1) is 14.7. The molecule has 1 saturated heterocycles. The van der Waals surface area contributed by atoms with Crippen LogP contribution in [0.5, 0.6) is 0 Å². The summed E-state index contributed by atoms with van der Waals surface area (Å²) in [4.78, 5) is 21.1. The molecule has 1 aliphatic heterocycles. The highest BCUT2D eigenvalue weighted by Crippen LogP contribution is 2.32. The molecule has 154 valence electrons. The molecule has 0 aliphatic carbocycles. The second-order valence-corrected chi connectivity index (χ2v) is 7.56. The molecule has 2 heterocycles. The van der Waals surface area contributed by atoms with Crippen molar-refractivity contribution in [2.45, 2.75) is 12.1 Å². The third-order valence-corrected chi connectivity index (χ3v) is 5.59. The van der Waals surface area contributed by atoms with E-state index in [0.29, 0.717) is 30.9 Å². The van der Waals surface area contributed by atoms with Gasteiger partial charge in [-0.15, -0.1) is 0 Å². The smallest absolute Gasteiger partial charge is 0.255 e. The average molecular weight is 402 g/mol. The number of amides is 1. The Morgan fingerprint density at radius 1 is 1.03 bits per heavy atom. The maximum atomic E-state index is 13.0. The molecule has 0 radical (unpaired) electrons. The van der Waals surface area contributed by atoms with Crippen molar-refractivity contribution in [1.29, 1.82) is 0 Å². The van der Waals surface area contributed by atoms with Crippen LogP contribution in [0.15, 0.2) is 79.1 Å². The van der Waals surface area contributed by atoms with Gasteiger partial charge in [-0.05, 0) is 17.2 Å². The number of benzene rings is 2. The highest BCUT2D eigenvalue weighted by Gasteiger charge is 2.35. The molecule has 3 aromatic rings. The largest absolute Gasteiger partial charge is 0.397 e. The molecule has 0 spiro atoms. The lowest BCUT2D eigenvalue weighted by molar-refractivity contribution is 0.0196. The fraction of sp³-hybridized carbons (Fsp3) is 0.250. The molecule has 1 aromatic heterocycles. The third kappa shape index (κ3) is 4.20. The van der Waals surface area contributed by atoms with E-state index in [1.807, 2.05) is 36.4 Å². The number of hydrogen-bond donors (Lipinski definition) is 2. The van der Waals surface area contributed by atoms with Gasteiger partial charge in [0.05, 0.1) is 29.9 Å². The highest BCUT2D eigenvalue weighted by atomic mass is 16.3. The van der Waals surface area contributed by atoms with Crippen molar-refractivity contribution in [2.24, 2.45) is 0 Å². The second kappa shape index (κ2) is 9.07. The quantitative estimate of drug-likeness (QED) is 0.685. The van der Waals surface area contributed by atoms with Crippen LogP contribution in [0.2, 0.25) is 0 Å². The van der Waals surface area contributed by atoms with Gasteiger partial charge in [0.2, 0.25) is 0 Å². The van der Waals surface area contributed by atoms with Crippen molar-refractivity contribution >= 4 is 11.6 Å². The lowest BCUT2D eigenvalue weighted by Gasteiger charge is -2.45. The summed E-state index contributed by atoms with van der Waals surface area (Å²) in [6.07, 6.45) is 3.06. The molecule has 2 aromatic carbocycles. The third-order valence-electron chi connectivity index (χ3n) is 5.59. The van der Waals surface area contributed by atoms with Crippen molar-refractivity contribution < 1.29 is 9.90 Å². The minimum atomic E-state index is -0.179. The molecule has 1 fully saturated rings. The summed E-state index contributed by atoms with van der Waals surface area (Å²) in [6, 6.07) is 22.1. The molecule has 1 aliphatic rings. The SMILES string of the molecule is Nc1cncc(C(=O)N2CCN(C(c3ccccc3)c3ccccc3)C(CO)C2)c1.